The topological polar surface area (TPSA) is 62.3 Å². The number of fused-ring (bicyclic) bond motifs is 1. The quantitative estimate of drug-likeness (QED) is 0.474. The van der Waals surface area contributed by atoms with Crippen molar-refractivity contribution in [2.45, 2.75) is 64.8 Å². The van der Waals surface area contributed by atoms with Crippen LogP contribution >= 0.6 is 0 Å². The van der Waals surface area contributed by atoms with Crippen molar-refractivity contribution in [3.05, 3.63) is 72.4 Å². The van der Waals surface area contributed by atoms with Gasteiger partial charge in [0.25, 0.3) is 5.91 Å². The van der Waals surface area contributed by atoms with Gasteiger partial charge < -0.3 is 10.2 Å². The molecule has 1 saturated carbocycles. The van der Waals surface area contributed by atoms with Crippen LogP contribution in [0.4, 0.5) is 5.69 Å². The fourth-order valence-electron chi connectivity index (χ4n) is 4.58. The summed E-state index contributed by atoms with van der Waals surface area (Å²) in [5.41, 5.74) is 1.08. The van der Waals surface area contributed by atoms with E-state index in [4.69, 9.17) is 0 Å². The summed E-state index contributed by atoms with van der Waals surface area (Å²) in [5, 5.41) is 4.07. The van der Waals surface area contributed by atoms with Crippen molar-refractivity contribution in [3.8, 4) is 0 Å². The third-order valence-electron chi connectivity index (χ3n) is 6.16. The van der Waals surface area contributed by atoms with E-state index in [9.17, 15) is 9.59 Å². The monoisotopic (exact) mass is 445 g/mol. The van der Waals surface area contributed by atoms with E-state index in [1.54, 1.807) is 11.0 Å². The number of nitrogens with zero attached hydrogens (tertiary/aromatic N) is 2. The molecule has 0 aliphatic heterocycles. The third kappa shape index (κ3) is 5.41. The molecule has 0 unspecified atom stereocenters. The van der Waals surface area contributed by atoms with Crippen LogP contribution in [-0.4, -0.2) is 33.8 Å². The summed E-state index contributed by atoms with van der Waals surface area (Å²) in [6.45, 7) is 6.56. The predicted octanol–water partition coefficient (Wildman–Crippen LogP) is 6.45. The maximum absolute atomic E-state index is 13.7. The first-order valence-corrected chi connectivity index (χ1v) is 12.2. The van der Waals surface area contributed by atoms with Gasteiger partial charge in [0.05, 0.1) is 5.52 Å². The Morgan fingerprint density at radius 3 is 2.27 bits per heavy atom. The molecule has 1 N–H and O–H groups in total. The maximum Gasteiger partial charge on any atom is 0.273 e. The number of anilines is 1. The molecule has 3 aromatic rings. The molecular weight excluding hydrogens is 410 g/mol. The first-order chi connectivity index (χ1) is 16.1. The van der Waals surface area contributed by atoms with Gasteiger partial charge in [0.1, 0.15) is 11.2 Å². The molecule has 1 aliphatic carbocycles. The van der Waals surface area contributed by atoms with Crippen LogP contribution in [0, 0.1) is 0 Å². The lowest BCUT2D eigenvalue weighted by atomic mass is 9.78. The van der Waals surface area contributed by atoms with Crippen molar-refractivity contribution in [1.29, 1.82) is 0 Å². The number of carbonyl (C=O) groups is 2. The molecule has 5 heteroatoms. The number of amides is 2. The molecule has 1 aliphatic rings. The summed E-state index contributed by atoms with van der Waals surface area (Å²) in [6, 6.07) is 21.0. The lowest BCUT2D eigenvalue weighted by Crippen LogP contribution is -2.60. The van der Waals surface area contributed by atoms with Crippen molar-refractivity contribution >= 4 is 28.4 Å². The Hall–Kier alpha value is -3.21. The molecule has 5 nitrogen and oxygen atoms in total. The minimum atomic E-state index is -0.853. The highest BCUT2D eigenvalue weighted by molar-refractivity contribution is 6.03. The van der Waals surface area contributed by atoms with Crippen LogP contribution in [0.1, 0.15) is 69.8 Å². The number of rotatable bonds is 6. The van der Waals surface area contributed by atoms with Gasteiger partial charge in [0.2, 0.25) is 5.91 Å². The smallest absolute Gasteiger partial charge is 0.273 e. The van der Waals surface area contributed by atoms with E-state index < -0.39 is 5.54 Å². The molecule has 33 heavy (non-hydrogen) atoms. The fourth-order valence-corrected chi connectivity index (χ4v) is 4.58. The van der Waals surface area contributed by atoms with Crippen molar-refractivity contribution in [2.75, 3.05) is 11.9 Å². The molecule has 174 valence electrons. The molecule has 0 radical (unpaired) electrons. The average Bonchev–Trinajstić information content (AvgIpc) is 2.88. The molecule has 0 bridgehead atoms. The van der Waals surface area contributed by atoms with Gasteiger partial charge in [0, 0.05) is 17.6 Å². The molecule has 1 heterocycles. The molecule has 2 amide bonds. The van der Waals surface area contributed by atoms with Gasteiger partial charge in [-0.3, -0.25) is 9.59 Å². The number of hydrogen-bond donors (Lipinski definition) is 1. The Bertz CT molecular complexity index is 1060. The van der Waals surface area contributed by atoms with Crippen molar-refractivity contribution in [2.24, 2.45) is 0 Å². The summed E-state index contributed by atoms with van der Waals surface area (Å²) in [7, 11) is 0. The predicted molar refractivity (Wildman–Crippen MR) is 135 cm³/mol. The van der Waals surface area contributed by atoms with E-state index in [0.717, 1.165) is 42.3 Å². The van der Waals surface area contributed by atoms with Gasteiger partial charge in [-0.25, -0.2) is 4.98 Å². The molecule has 2 aromatic carbocycles. The van der Waals surface area contributed by atoms with Crippen LogP contribution < -0.4 is 5.32 Å². The van der Waals surface area contributed by atoms with E-state index in [0.29, 0.717) is 25.1 Å². The summed E-state index contributed by atoms with van der Waals surface area (Å²) in [5.74, 6) is -0.265. The summed E-state index contributed by atoms with van der Waals surface area (Å²) in [6.07, 6.45) is 5.07. The van der Waals surface area contributed by atoms with E-state index in [2.05, 4.69) is 10.3 Å². The fraction of sp³-hybridized carbons (Fsp3) is 0.393. The number of carbonyl (C=O) groups excluding carboxylic acids is 2. The zero-order valence-corrected chi connectivity index (χ0v) is 20.0. The maximum atomic E-state index is 13.7. The van der Waals surface area contributed by atoms with Crippen LogP contribution in [0.3, 0.4) is 0 Å². The van der Waals surface area contributed by atoms with Crippen LogP contribution in [-0.2, 0) is 4.79 Å². The lowest BCUT2D eigenvalue weighted by Gasteiger charge is -2.45. The molecule has 1 aromatic heterocycles. The van der Waals surface area contributed by atoms with Crippen molar-refractivity contribution in [1.82, 2.24) is 9.88 Å². The lowest BCUT2D eigenvalue weighted by molar-refractivity contribution is -0.128. The van der Waals surface area contributed by atoms with E-state index in [1.807, 2.05) is 81.4 Å². The zero-order chi connectivity index (χ0) is 23.7. The Balaban J connectivity index is 0.00000149. The first-order valence-electron chi connectivity index (χ1n) is 12.2. The number of aromatic nitrogens is 1. The Labute approximate surface area is 197 Å². The minimum absolute atomic E-state index is 0.0963. The standard InChI is InChI=1S/C26H29N3O2.C2H6/c1-2-19-29(24(30)23-16-15-20-11-7-8-14-22(20)28-23)26(17-9-4-10-18-26)25(31)27-21-12-5-3-6-13-21;1-2/h3,5-8,11-16H,2,4,9-10,17-19H2,1H3,(H,27,31);1-2H3. The van der Waals surface area contributed by atoms with Crippen LogP contribution in [0.25, 0.3) is 10.9 Å². The number of pyridine rings is 1. The van der Waals surface area contributed by atoms with E-state index in [1.165, 1.54) is 0 Å². The second-order valence-corrected chi connectivity index (χ2v) is 8.26. The van der Waals surface area contributed by atoms with Gasteiger partial charge in [-0.05, 0) is 43.5 Å². The molecule has 1 fully saturated rings. The third-order valence-corrected chi connectivity index (χ3v) is 6.16. The minimum Gasteiger partial charge on any atom is -0.324 e. The molecule has 0 atom stereocenters. The van der Waals surface area contributed by atoms with Crippen LogP contribution in [0.15, 0.2) is 66.7 Å². The van der Waals surface area contributed by atoms with Crippen molar-refractivity contribution < 1.29 is 9.59 Å². The number of benzene rings is 2. The summed E-state index contributed by atoms with van der Waals surface area (Å²) < 4.78 is 0. The second-order valence-electron chi connectivity index (χ2n) is 8.26. The average molecular weight is 446 g/mol. The SMILES string of the molecule is CC.CCCN(C(=O)c1ccc2ccccc2n1)C1(C(=O)Nc2ccccc2)CCCCC1. The molecule has 0 saturated heterocycles. The number of para-hydroxylation sites is 2. The first kappa shape index (κ1) is 24.4. The Morgan fingerprint density at radius 1 is 0.909 bits per heavy atom. The Kier molecular flexibility index (Phi) is 8.58. The van der Waals surface area contributed by atoms with Gasteiger partial charge in [-0.15, -0.1) is 0 Å². The van der Waals surface area contributed by atoms with Crippen molar-refractivity contribution in [3.63, 3.8) is 0 Å². The molecule has 0 spiro atoms. The zero-order valence-electron chi connectivity index (χ0n) is 20.0. The van der Waals surface area contributed by atoms with Gasteiger partial charge in [-0.2, -0.15) is 0 Å². The van der Waals surface area contributed by atoms with Crippen LogP contribution in [0.5, 0.6) is 0 Å². The highest BCUT2D eigenvalue weighted by Crippen LogP contribution is 2.36. The normalized spacial score (nSPS) is 14.6. The molecular formula is C28H35N3O2. The summed E-state index contributed by atoms with van der Waals surface area (Å²) in [4.78, 5) is 33.8. The van der Waals surface area contributed by atoms with E-state index in [-0.39, 0.29) is 11.8 Å². The highest BCUT2D eigenvalue weighted by atomic mass is 16.2. The van der Waals surface area contributed by atoms with E-state index >= 15 is 0 Å². The van der Waals surface area contributed by atoms with Crippen LogP contribution in [0.2, 0.25) is 0 Å². The number of nitrogens with one attached hydrogen (secondary N) is 1. The summed E-state index contributed by atoms with van der Waals surface area (Å²) >= 11 is 0. The highest BCUT2D eigenvalue weighted by Gasteiger charge is 2.47. The second kappa shape index (κ2) is 11.6. The van der Waals surface area contributed by atoms with Gasteiger partial charge in [-0.1, -0.05) is 82.5 Å². The number of hydrogen-bond acceptors (Lipinski definition) is 3. The molecule has 4 rings (SSSR count). The van der Waals surface area contributed by atoms with Gasteiger partial charge >= 0.3 is 0 Å². The largest absolute Gasteiger partial charge is 0.324 e. The van der Waals surface area contributed by atoms with Gasteiger partial charge in [0.15, 0.2) is 0 Å². The Morgan fingerprint density at radius 2 is 1.58 bits per heavy atom.